The van der Waals surface area contributed by atoms with Gasteiger partial charge in [0, 0.05) is 44.6 Å². The predicted octanol–water partition coefficient (Wildman–Crippen LogP) is 9.90. The third-order valence-electron chi connectivity index (χ3n) is 12.7. The minimum absolute atomic E-state index is 0.0178. The Bertz CT molecular complexity index is 2370. The van der Waals surface area contributed by atoms with Crippen molar-refractivity contribution in [3.05, 3.63) is 144 Å². The molecule has 4 rings (SSSR count). The summed E-state index contributed by atoms with van der Waals surface area (Å²) in [6.45, 7) is 10.9. The number of alkyl carbamates (subject to hydrolysis) is 3. The van der Waals surface area contributed by atoms with Gasteiger partial charge in [-0.05, 0) is 101 Å². The largest absolute Gasteiger partial charge is 0.461 e. The van der Waals surface area contributed by atoms with Crippen molar-refractivity contribution in [2.45, 2.75) is 154 Å². The topological polar surface area (TPSA) is 297 Å². The molecular weight excluding hydrogens is 1100 g/mol. The van der Waals surface area contributed by atoms with Gasteiger partial charge in [0.2, 0.25) is 5.92 Å². The molecule has 15 N–H and O–H groups in total. The summed E-state index contributed by atoms with van der Waals surface area (Å²) in [5.74, 6) is -3.16. The molecule has 6 atom stereocenters. The average Bonchev–Trinajstić information content (AvgIpc) is 3.65. The standard InChI is InChI=1S/C16H23F2NO2.2C14H21FN2O2.C12H17FN2O2.C5H13FN2/c1-15(12-19,8-9-16(2,17)18)10-14(20)21-11-13-6-4-3-5-7-13;1-11(15)8-14(2,10-16)17-13(18)19-9-12-6-4-3-5-7-12;1-14(11-16,8-5-9-15)17-13(18)19-10-12-6-3-2-4-7-12;1-12(8-13,9-14)15-11(16)17-7-10-5-3-2-4-6-10;1-5(8,4-7)2-3-6/h3-7H,8-12,19H2,1-2H3;3-7,11H,8-10,16H2,1-2H3,(H,17,18);2-4,6-7H,5,8-11,16H2,1H3,(H,17,18);2-6H,7-9,14H2,1H3,(H,15,16);2-4,7-8H2,1H3. The van der Waals surface area contributed by atoms with Crippen molar-refractivity contribution in [1.82, 2.24) is 16.0 Å². The van der Waals surface area contributed by atoms with Gasteiger partial charge in [0.25, 0.3) is 0 Å². The van der Waals surface area contributed by atoms with Crippen LogP contribution >= 0.6 is 0 Å². The monoisotopic (exact) mass is 1200 g/mol. The molecule has 0 aliphatic heterocycles. The number of hydrogen-bond donors (Lipinski definition) is 9. The lowest BCUT2D eigenvalue weighted by atomic mass is 9.81. The molecule has 23 heteroatoms. The fourth-order valence-corrected chi connectivity index (χ4v) is 6.87. The molecular formula is C61H95F6N9O8. The first-order chi connectivity index (χ1) is 39.5. The van der Waals surface area contributed by atoms with Gasteiger partial charge in [0.05, 0.1) is 42.6 Å². The Morgan fingerprint density at radius 1 is 0.476 bits per heavy atom. The van der Waals surface area contributed by atoms with E-state index in [1.54, 1.807) is 27.7 Å². The highest BCUT2D eigenvalue weighted by Gasteiger charge is 2.32. The number of benzene rings is 4. The van der Waals surface area contributed by atoms with Crippen molar-refractivity contribution in [1.29, 1.82) is 0 Å². The molecule has 0 radical (unpaired) electrons. The number of amides is 3. The van der Waals surface area contributed by atoms with Gasteiger partial charge in [-0.3, -0.25) is 13.6 Å². The van der Waals surface area contributed by atoms with Crippen molar-refractivity contribution in [2.24, 2.45) is 39.8 Å². The SMILES string of the molecule is CC(CN)(CCCF)NC(=O)OCc1ccccc1.CC(CN)(CF)NC(=O)OCc1ccccc1.CC(F)(F)CCC(C)(CN)CC(=O)OCc1ccccc1.CC(F)CC(C)(CN)NC(=O)OCc1ccccc1.CC(N)(CN)CCF. The number of halogens is 6. The average molecular weight is 1200 g/mol. The number of nitrogens with one attached hydrogen (secondary N) is 3. The van der Waals surface area contributed by atoms with E-state index < -0.39 is 77.3 Å². The van der Waals surface area contributed by atoms with E-state index in [0.29, 0.717) is 25.8 Å². The Morgan fingerprint density at radius 2 is 0.833 bits per heavy atom. The van der Waals surface area contributed by atoms with Crippen molar-refractivity contribution in [2.75, 3.05) is 52.7 Å². The van der Waals surface area contributed by atoms with Crippen LogP contribution in [0.25, 0.3) is 0 Å². The van der Waals surface area contributed by atoms with E-state index in [1.807, 2.05) is 121 Å². The first kappa shape index (κ1) is 77.5. The van der Waals surface area contributed by atoms with Crippen LogP contribution in [0.3, 0.4) is 0 Å². The highest BCUT2D eigenvalue weighted by molar-refractivity contribution is 5.70. The number of esters is 1. The Morgan fingerprint density at radius 3 is 1.12 bits per heavy atom. The Labute approximate surface area is 493 Å². The zero-order valence-corrected chi connectivity index (χ0v) is 50.1. The van der Waals surface area contributed by atoms with E-state index >= 15 is 0 Å². The number of carbonyl (C=O) groups is 4. The molecule has 4 aromatic carbocycles. The van der Waals surface area contributed by atoms with Crippen LogP contribution in [0.5, 0.6) is 0 Å². The second kappa shape index (κ2) is 41.5. The van der Waals surface area contributed by atoms with Crippen LogP contribution in [0.15, 0.2) is 121 Å². The molecule has 0 saturated carbocycles. The third-order valence-corrected chi connectivity index (χ3v) is 12.7. The van der Waals surface area contributed by atoms with E-state index in [2.05, 4.69) is 16.0 Å². The molecule has 84 heavy (non-hydrogen) atoms. The van der Waals surface area contributed by atoms with E-state index in [0.717, 1.165) is 29.2 Å². The van der Waals surface area contributed by atoms with Crippen molar-refractivity contribution in [3.63, 3.8) is 0 Å². The molecule has 474 valence electrons. The number of alkyl halides is 6. The number of ether oxygens (including phenoxy) is 4. The summed E-state index contributed by atoms with van der Waals surface area (Å²) < 4.78 is 95.6. The number of carbonyl (C=O) groups excluding carboxylic acids is 4. The third kappa shape index (κ3) is 38.4. The van der Waals surface area contributed by atoms with E-state index in [9.17, 15) is 45.5 Å². The molecule has 0 saturated heterocycles. The molecule has 17 nitrogen and oxygen atoms in total. The molecule has 0 spiro atoms. The molecule has 4 aromatic rings. The summed E-state index contributed by atoms with van der Waals surface area (Å²) in [5.41, 5.74) is 32.8. The molecule has 0 aromatic heterocycles. The summed E-state index contributed by atoms with van der Waals surface area (Å²) in [7, 11) is 0. The van der Waals surface area contributed by atoms with Crippen molar-refractivity contribution >= 4 is 24.2 Å². The van der Waals surface area contributed by atoms with Crippen LogP contribution in [0.4, 0.5) is 40.7 Å². The summed E-state index contributed by atoms with van der Waals surface area (Å²) in [6.07, 6.45) is -1.51. The van der Waals surface area contributed by atoms with Gasteiger partial charge in [-0.2, -0.15) is 0 Å². The molecule has 6 unspecified atom stereocenters. The van der Waals surface area contributed by atoms with Gasteiger partial charge in [-0.25, -0.2) is 31.9 Å². The minimum atomic E-state index is -2.75. The smallest absolute Gasteiger partial charge is 0.408 e. The maximum Gasteiger partial charge on any atom is 0.408 e. The minimum Gasteiger partial charge on any atom is -0.461 e. The second-order valence-electron chi connectivity index (χ2n) is 22.0. The summed E-state index contributed by atoms with van der Waals surface area (Å²) >= 11 is 0. The van der Waals surface area contributed by atoms with Crippen molar-refractivity contribution in [3.8, 4) is 0 Å². The Hall–Kier alpha value is -6.50. The Balaban J connectivity index is 0.00000105. The fraction of sp³-hybridized carbons (Fsp3) is 0.541. The first-order valence-corrected chi connectivity index (χ1v) is 27.7. The number of hydrogen-bond acceptors (Lipinski definition) is 14. The maximum absolute atomic E-state index is 13.0. The van der Waals surface area contributed by atoms with Gasteiger partial charge in [0.1, 0.15) is 33.1 Å². The number of nitrogens with two attached hydrogens (primary N) is 6. The van der Waals surface area contributed by atoms with Gasteiger partial charge >= 0.3 is 24.2 Å². The van der Waals surface area contributed by atoms with Crippen LogP contribution in [0, 0.1) is 5.41 Å². The van der Waals surface area contributed by atoms with Crippen LogP contribution in [-0.2, 0) is 50.2 Å². The maximum atomic E-state index is 13.0. The van der Waals surface area contributed by atoms with E-state index in [4.69, 9.17) is 53.3 Å². The molecule has 0 fully saturated rings. The van der Waals surface area contributed by atoms with Gasteiger partial charge in [-0.15, -0.1) is 0 Å². The van der Waals surface area contributed by atoms with E-state index in [-0.39, 0.29) is 85.0 Å². The zero-order valence-electron chi connectivity index (χ0n) is 50.1. The highest BCUT2D eigenvalue weighted by atomic mass is 19.3. The van der Waals surface area contributed by atoms with Crippen LogP contribution in [-0.4, -0.2) is 111 Å². The van der Waals surface area contributed by atoms with Gasteiger partial charge in [0.15, 0.2) is 0 Å². The first-order valence-electron chi connectivity index (χ1n) is 27.7. The molecule has 0 aliphatic rings. The molecule has 0 heterocycles. The fourth-order valence-electron chi connectivity index (χ4n) is 6.87. The Kier molecular flexibility index (Phi) is 38.3. The second-order valence-corrected chi connectivity index (χ2v) is 22.0. The summed E-state index contributed by atoms with van der Waals surface area (Å²) in [4.78, 5) is 46.6. The molecule has 0 aliphatic carbocycles. The molecule has 3 amide bonds. The number of rotatable bonds is 29. The lowest BCUT2D eigenvalue weighted by molar-refractivity contribution is -0.147. The normalized spacial score (nSPS) is 14.7. The zero-order chi connectivity index (χ0) is 63.7. The van der Waals surface area contributed by atoms with Crippen molar-refractivity contribution < 1.29 is 64.5 Å². The lowest BCUT2D eigenvalue weighted by Gasteiger charge is -2.29. The quantitative estimate of drug-likeness (QED) is 0.0139. The molecule has 0 bridgehead atoms. The van der Waals surface area contributed by atoms with Gasteiger partial charge in [-0.1, -0.05) is 128 Å². The summed E-state index contributed by atoms with van der Waals surface area (Å²) in [6, 6.07) is 37.3. The predicted molar refractivity (Wildman–Crippen MR) is 318 cm³/mol. The highest BCUT2D eigenvalue weighted by Crippen LogP contribution is 2.32. The van der Waals surface area contributed by atoms with Gasteiger partial charge < -0.3 is 69.3 Å². The van der Waals surface area contributed by atoms with Crippen LogP contribution < -0.4 is 50.4 Å². The van der Waals surface area contributed by atoms with Crippen LogP contribution in [0.2, 0.25) is 0 Å². The lowest BCUT2D eigenvalue weighted by Crippen LogP contribution is -2.53. The summed E-state index contributed by atoms with van der Waals surface area (Å²) in [5, 5.41) is 7.72. The van der Waals surface area contributed by atoms with E-state index in [1.165, 1.54) is 13.8 Å². The van der Waals surface area contributed by atoms with Crippen LogP contribution in [0.1, 0.15) is 116 Å².